The van der Waals surface area contributed by atoms with Gasteiger partial charge in [0.25, 0.3) is 5.69 Å². The van der Waals surface area contributed by atoms with Crippen molar-refractivity contribution in [2.24, 2.45) is 0 Å². The van der Waals surface area contributed by atoms with Crippen molar-refractivity contribution in [3.05, 3.63) is 40.3 Å². The molecule has 1 aromatic heterocycles. The molecule has 0 amide bonds. The van der Waals surface area contributed by atoms with Crippen molar-refractivity contribution in [2.75, 3.05) is 0 Å². The monoisotopic (exact) mass is 333 g/mol. The number of hydrogen-bond acceptors (Lipinski definition) is 6. The van der Waals surface area contributed by atoms with Gasteiger partial charge >= 0.3 is 0 Å². The van der Waals surface area contributed by atoms with E-state index in [1.807, 2.05) is 11.8 Å². The molecule has 23 heavy (non-hydrogen) atoms. The van der Waals surface area contributed by atoms with E-state index in [-0.39, 0.29) is 10.9 Å². The quantitative estimate of drug-likeness (QED) is 0.579. The van der Waals surface area contributed by atoms with Gasteiger partial charge in [0.2, 0.25) is 11.8 Å². The summed E-state index contributed by atoms with van der Waals surface area (Å²) in [6.07, 6.45) is 6.48. The first-order chi connectivity index (χ1) is 11.1. The molecule has 1 aromatic carbocycles. The fraction of sp³-hybridized carbons (Fsp3) is 0.500. The van der Waals surface area contributed by atoms with E-state index in [0.717, 1.165) is 0 Å². The number of hydrogen-bond donors (Lipinski definition) is 0. The van der Waals surface area contributed by atoms with E-state index in [4.69, 9.17) is 4.42 Å². The van der Waals surface area contributed by atoms with Crippen LogP contribution in [-0.4, -0.2) is 20.4 Å². The van der Waals surface area contributed by atoms with Crippen LogP contribution in [0.3, 0.4) is 0 Å². The topological polar surface area (TPSA) is 82.1 Å². The first-order valence-corrected chi connectivity index (χ1v) is 8.81. The Bertz CT molecular complexity index is 665. The van der Waals surface area contributed by atoms with Crippen LogP contribution in [0, 0.1) is 10.1 Å². The first-order valence-electron chi connectivity index (χ1n) is 7.87. The molecular formula is C16H19N3O3S. The maximum absolute atomic E-state index is 10.7. The van der Waals surface area contributed by atoms with Crippen LogP contribution in [0.2, 0.25) is 0 Å². The maximum Gasteiger partial charge on any atom is 0.269 e. The Morgan fingerprint density at radius 3 is 2.57 bits per heavy atom. The molecule has 6 nitrogen and oxygen atoms in total. The Morgan fingerprint density at radius 2 is 1.91 bits per heavy atom. The van der Waals surface area contributed by atoms with Crippen LogP contribution < -0.4 is 0 Å². The molecule has 0 aliphatic heterocycles. The van der Waals surface area contributed by atoms with Crippen molar-refractivity contribution in [3.8, 4) is 11.5 Å². The molecule has 1 aliphatic carbocycles. The number of nitro groups is 1. The van der Waals surface area contributed by atoms with Gasteiger partial charge < -0.3 is 4.42 Å². The van der Waals surface area contributed by atoms with Crippen LogP contribution >= 0.6 is 11.8 Å². The molecule has 1 heterocycles. The molecule has 2 aromatic rings. The van der Waals surface area contributed by atoms with Crippen molar-refractivity contribution in [2.45, 2.75) is 49.5 Å². The fourth-order valence-electron chi connectivity index (χ4n) is 2.79. The van der Waals surface area contributed by atoms with Gasteiger partial charge in [-0.15, -0.1) is 22.0 Å². The standard InChI is InChI=1S/C16H19N3O3S/c1-11(23-14-5-3-2-4-6-14)15-17-18-16(22-15)12-7-9-13(10-8-12)19(20)21/h7-11,14H,2-6H2,1H3/t11-/m1/s1. The van der Waals surface area contributed by atoms with E-state index in [9.17, 15) is 10.1 Å². The first kappa shape index (κ1) is 16.0. The van der Waals surface area contributed by atoms with Crippen molar-refractivity contribution >= 4 is 17.4 Å². The van der Waals surface area contributed by atoms with Crippen molar-refractivity contribution in [3.63, 3.8) is 0 Å². The minimum Gasteiger partial charge on any atom is -0.420 e. The number of thioether (sulfide) groups is 1. The summed E-state index contributed by atoms with van der Waals surface area (Å²) in [5.74, 6) is 1.03. The van der Waals surface area contributed by atoms with E-state index in [0.29, 0.717) is 22.6 Å². The van der Waals surface area contributed by atoms with Gasteiger partial charge in [-0.3, -0.25) is 10.1 Å². The van der Waals surface area contributed by atoms with Gasteiger partial charge in [0.05, 0.1) is 10.2 Å². The summed E-state index contributed by atoms with van der Waals surface area (Å²) in [4.78, 5) is 10.3. The number of aromatic nitrogens is 2. The lowest BCUT2D eigenvalue weighted by Gasteiger charge is -2.22. The second-order valence-electron chi connectivity index (χ2n) is 5.79. The van der Waals surface area contributed by atoms with E-state index < -0.39 is 4.92 Å². The summed E-state index contributed by atoms with van der Waals surface area (Å²) in [6, 6.07) is 6.15. The summed E-state index contributed by atoms with van der Waals surface area (Å²) < 4.78 is 5.76. The molecule has 1 atom stereocenters. The van der Waals surface area contributed by atoms with Crippen LogP contribution in [-0.2, 0) is 0 Å². The molecule has 0 unspecified atom stereocenters. The van der Waals surface area contributed by atoms with E-state index in [1.54, 1.807) is 12.1 Å². The van der Waals surface area contributed by atoms with Crippen molar-refractivity contribution in [1.82, 2.24) is 10.2 Å². The average molecular weight is 333 g/mol. The summed E-state index contributed by atoms with van der Waals surface area (Å²) >= 11 is 1.90. The third kappa shape index (κ3) is 3.90. The van der Waals surface area contributed by atoms with Crippen LogP contribution in [0.25, 0.3) is 11.5 Å². The van der Waals surface area contributed by atoms with Gasteiger partial charge in [-0.05, 0) is 31.9 Å². The number of benzene rings is 1. The highest BCUT2D eigenvalue weighted by molar-refractivity contribution is 8.00. The van der Waals surface area contributed by atoms with Gasteiger partial charge in [-0.25, -0.2) is 0 Å². The van der Waals surface area contributed by atoms with Gasteiger partial charge in [0.15, 0.2) is 0 Å². The maximum atomic E-state index is 10.7. The largest absolute Gasteiger partial charge is 0.420 e. The summed E-state index contributed by atoms with van der Waals surface area (Å²) in [6.45, 7) is 2.09. The number of nitrogens with zero attached hydrogens (tertiary/aromatic N) is 3. The lowest BCUT2D eigenvalue weighted by molar-refractivity contribution is -0.384. The Hall–Kier alpha value is -1.89. The average Bonchev–Trinajstić information content (AvgIpc) is 3.06. The molecular weight excluding hydrogens is 314 g/mol. The molecule has 7 heteroatoms. The van der Waals surface area contributed by atoms with Gasteiger partial charge in [0, 0.05) is 22.9 Å². The minimum absolute atomic E-state index is 0.0507. The minimum atomic E-state index is -0.425. The number of nitro benzene ring substituents is 1. The number of rotatable bonds is 5. The van der Waals surface area contributed by atoms with Crippen molar-refractivity contribution in [1.29, 1.82) is 0 Å². The summed E-state index contributed by atoms with van der Waals surface area (Å²) in [5.41, 5.74) is 0.749. The highest BCUT2D eigenvalue weighted by atomic mass is 32.2. The van der Waals surface area contributed by atoms with Crippen LogP contribution in [0.1, 0.15) is 50.2 Å². The van der Waals surface area contributed by atoms with Gasteiger partial charge in [0.1, 0.15) is 0 Å². The summed E-state index contributed by atoms with van der Waals surface area (Å²) in [7, 11) is 0. The predicted octanol–water partition coefficient (Wildman–Crippen LogP) is 4.77. The second-order valence-corrected chi connectivity index (χ2v) is 7.43. The molecule has 122 valence electrons. The van der Waals surface area contributed by atoms with Crippen LogP contribution in [0.5, 0.6) is 0 Å². The van der Waals surface area contributed by atoms with Gasteiger partial charge in [-0.2, -0.15) is 0 Å². The predicted molar refractivity (Wildman–Crippen MR) is 89.3 cm³/mol. The fourth-order valence-corrected chi connectivity index (χ4v) is 4.18. The SMILES string of the molecule is C[C@@H](SC1CCCCC1)c1nnc(-c2ccc([N+](=O)[O-])cc2)o1. The van der Waals surface area contributed by atoms with E-state index in [2.05, 4.69) is 17.1 Å². The zero-order valence-corrected chi connectivity index (χ0v) is 13.8. The molecule has 3 rings (SSSR count). The van der Waals surface area contributed by atoms with Crippen LogP contribution in [0.15, 0.2) is 28.7 Å². The Morgan fingerprint density at radius 1 is 1.22 bits per heavy atom. The molecule has 1 fully saturated rings. The highest BCUT2D eigenvalue weighted by Crippen LogP contribution is 2.38. The van der Waals surface area contributed by atoms with Crippen LogP contribution in [0.4, 0.5) is 5.69 Å². The summed E-state index contributed by atoms with van der Waals surface area (Å²) in [5, 5.41) is 19.7. The van der Waals surface area contributed by atoms with Gasteiger partial charge in [-0.1, -0.05) is 19.3 Å². The Kier molecular flexibility index (Phi) is 4.95. The van der Waals surface area contributed by atoms with E-state index >= 15 is 0 Å². The molecule has 0 saturated heterocycles. The zero-order valence-electron chi connectivity index (χ0n) is 13.0. The molecule has 0 spiro atoms. The number of non-ortho nitro benzene ring substituents is 1. The molecule has 1 saturated carbocycles. The molecule has 1 aliphatic rings. The molecule has 0 radical (unpaired) electrons. The zero-order chi connectivity index (χ0) is 16.2. The highest BCUT2D eigenvalue weighted by Gasteiger charge is 2.22. The molecule has 0 bridgehead atoms. The Balaban J connectivity index is 1.68. The third-order valence-corrected chi connectivity index (χ3v) is 5.53. The Labute approximate surface area is 138 Å². The van der Waals surface area contributed by atoms with Crippen molar-refractivity contribution < 1.29 is 9.34 Å². The lowest BCUT2D eigenvalue weighted by Crippen LogP contribution is -2.09. The normalized spacial score (nSPS) is 17.1. The van der Waals surface area contributed by atoms with E-state index in [1.165, 1.54) is 44.2 Å². The second kappa shape index (κ2) is 7.12. The third-order valence-electron chi connectivity index (χ3n) is 4.06. The smallest absolute Gasteiger partial charge is 0.269 e. The molecule has 0 N–H and O–H groups in total. The lowest BCUT2D eigenvalue weighted by atomic mass is 10.0.